The standard InChI is InChI=1S/C10H18O5/c1-6-7(12)5-9(10(13)14)15-8(6)3-2-4-11/h6-9,11-12H,2-5H2,1H3,(H,13,14). The molecule has 4 unspecified atom stereocenters. The molecule has 1 saturated heterocycles. The number of rotatable bonds is 4. The number of aliphatic carboxylic acids is 1. The summed E-state index contributed by atoms with van der Waals surface area (Å²) in [6, 6.07) is 0. The van der Waals surface area contributed by atoms with E-state index in [9.17, 15) is 9.90 Å². The summed E-state index contributed by atoms with van der Waals surface area (Å²) in [5, 5.41) is 27.2. The van der Waals surface area contributed by atoms with Gasteiger partial charge in [-0.3, -0.25) is 0 Å². The monoisotopic (exact) mass is 218 g/mol. The van der Waals surface area contributed by atoms with Gasteiger partial charge < -0.3 is 20.1 Å². The highest BCUT2D eigenvalue weighted by Crippen LogP contribution is 2.28. The predicted molar refractivity (Wildman–Crippen MR) is 52.4 cm³/mol. The minimum Gasteiger partial charge on any atom is -0.479 e. The number of carboxylic acid groups (broad SMARTS) is 1. The maximum absolute atomic E-state index is 10.7. The lowest BCUT2D eigenvalue weighted by atomic mass is 9.88. The first kappa shape index (κ1) is 12.4. The van der Waals surface area contributed by atoms with E-state index in [-0.39, 0.29) is 25.0 Å². The Balaban J connectivity index is 2.56. The first-order chi connectivity index (χ1) is 7.06. The third kappa shape index (κ3) is 3.15. The highest BCUT2D eigenvalue weighted by atomic mass is 16.5. The molecular weight excluding hydrogens is 200 g/mol. The Hall–Kier alpha value is -0.650. The predicted octanol–water partition coefficient (Wildman–Crippen LogP) is -0.00200. The second-order valence-electron chi connectivity index (χ2n) is 4.03. The third-order valence-electron chi connectivity index (χ3n) is 2.91. The van der Waals surface area contributed by atoms with Crippen LogP contribution in [0.15, 0.2) is 0 Å². The van der Waals surface area contributed by atoms with Crippen molar-refractivity contribution < 1.29 is 24.9 Å². The summed E-state index contributed by atoms with van der Waals surface area (Å²) in [5.41, 5.74) is 0. The number of hydrogen-bond donors (Lipinski definition) is 3. The van der Waals surface area contributed by atoms with Crippen molar-refractivity contribution in [3.05, 3.63) is 0 Å². The van der Waals surface area contributed by atoms with E-state index >= 15 is 0 Å². The maximum Gasteiger partial charge on any atom is 0.332 e. The minimum absolute atomic E-state index is 0.0560. The van der Waals surface area contributed by atoms with Crippen molar-refractivity contribution in [2.24, 2.45) is 5.92 Å². The second-order valence-corrected chi connectivity index (χ2v) is 4.03. The van der Waals surface area contributed by atoms with Crippen molar-refractivity contribution in [1.82, 2.24) is 0 Å². The molecule has 0 aromatic carbocycles. The molecule has 5 heteroatoms. The summed E-state index contributed by atoms with van der Waals surface area (Å²) < 4.78 is 5.36. The van der Waals surface area contributed by atoms with Gasteiger partial charge in [0.15, 0.2) is 6.10 Å². The van der Waals surface area contributed by atoms with Crippen molar-refractivity contribution in [3.63, 3.8) is 0 Å². The van der Waals surface area contributed by atoms with Gasteiger partial charge in [0.25, 0.3) is 0 Å². The first-order valence-electron chi connectivity index (χ1n) is 5.23. The minimum atomic E-state index is -1.03. The number of carboxylic acids is 1. The lowest BCUT2D eigenvalue weighted by Crippen LogP contribution is -2.45. The van der Waals surface area contributed by atoms with E-state index in [2.05, 4.69) is 0 Å². The fourth-order valence-electron chi connectivity index (χ4n) is 1.85. The fourth-order valence-corrected chi connectivity index (χ4v) is 1.85. The van der Waals surface area contributed by atoms with E-state index in [1.165, 1.54) is 0 Å². The molecule has 0 amide bonds. The van der Waals surface area contributed by atoms with Crippen molar-refractivity contribution in [2.45, 2.75) is 44.5 Å². The van der Waals surface area contributed by atoms with Crippen LogP contribution < -0.4 is 0 Å². The van der Waals surface area contributed by atoms with E-state index in [0.717, 1.165) is 0 Å². The van der Waals surface area contributed by atoms with Crippen molar-refractivity contribution in [3.8, 4) is 0 Å². The summed E-state index contributed by atoms with van der Waals surface area (Å²) in [5.74, 6) is -1.11. The first-order valence-corrected chi connectivity index (χ1v) is 5.23. The van der Waals surface area contributed by atoms with E-state index in [0.29, 0.717) is 12.8 Å². The molecule has 1 heterocycles. The van der Waals surface area contributed by atoms with E-state index in [4.69, 9.17) is 14.9 Å². The molecule has 0 aliphatic carbocycles. The van der Waals surface area contributed by atoms with Crippen LogP contribution in [0.1, 0.15) is 26.2 Å². The molecule has 0 aromatic heterocycles. The van der Waals surface area contributed by atoms with Crippen LogP contribution in [0.2, 0.25) is 0 Å². The van der Waals surface area contributed by atoms with Gasteiger partial charge in [0, 0.05) is 18.9 Å². The van der Waals surface area contributed by atoms with Crippen LogP contribution in [0.5, 0.6) is 0 Å². The van der Waals surface area contributed by atoms with Crippen molar-refractivity contribution in [1.29, 1.82) is 0 Å². The molecule has 15 heavy (non-hydrogen) atoms. The molecule has 0 radical (unpaired) electrons. The van der Waals surface area contributed by atoms with Crippen LogP contribution >= 0.6 is 0 Å². The van der Waals surface area contributed by atoms with Crippen LogP contribution in [0.3, 0.4) is 0 Å². The van der Waals surface area contributed by atoms with Gasteiger partial charge >= 0.3 is 5.97 Å². The van der Waals surface area contributed by atoms with Gasteiger partial charge in [0.1, 0.15) is 0 Å². The number of carbonyl (C=O) groups is 1. The Labute approximate surface area is 88.7 Å². The largest absolute Gasteiger partial charge is 0.479 e. The quantitative estimate of drug-likeness (QED) is 0.618. The smallest absolute Gasteiger partial charge is 0.332 e. The Morgan fingerprint density at radius 1 is 1.53 bits per heavy atom. The lowest BCUT2D eigenvalue weighted by molar-refractivity contribution is -0.176. The molecular formula is C10H18O5. The lowest BCUT2D eigenvalue weighted by Gasteiger charge is -2.36. The molecule has 0 bridgehead atoms. The Bertz CT molecular complexity index is 218. The van der Waals surface area contributed by atoms with Crippen LogP contribution in [0.25, 0.3) is 0 Å². The normalized spacial score (nSPS) is 36.5. The molecule has 1 rings (SSSR count). The fraction of sp³-hybridized carbons (Fsp3) is 0.900. The number of ether oxygens (including phenoxy) is 1. The third-order valence-corrected chi connectivity index (χ3v) is 2.91. The molecule has 5 nitrogen and oxygen atoms in total. The zero-order valence-corrected chi connectivity index (χ0v) is 8.80. The van der Waals surface area contributed by atoms with E-state index in [1.54, 1.807) is 0 Å². The second kappa shape index (κ2) is 5.44. The maximum atomic E-state index is 10.7. The zero-order valence-electron chi connectivity index (χ0n) is 8.80. The molecule has 1 aliphatic heterocycles. The molecule has 3 N–H and O–H groups in total. The molecule has 0 spiro atoms. The molecule has 4 atom stereocenters. The summed E-state index contributed by atoms with van der Waals surface area (Å²) in [7, 11) is 0. The van der Waals surface area contributed by atoms with Crippen LogP contribution in [-0.2, 0) is 9.53 Å². The van der Waals surface area contributed by atoms with Gasteiger partial charge in [-0.15, -0.1) is 0 Å². The molecule has 1 fully saturated rings. The average molecular weight is 218 g/mol. The molecule has 88 valence electrons. The number of aliphatic hydroxyl groups excluding tert-OH is 2. The highest BCUT2D eigenvalue weighted by Gasteiger charge is 2.37. The van der Waals surface area contributed by atoms with Gasteiger partial charge in [-0.2, -0.15) is 0 Å². The molecule has 0 aromatic rings. The van der Waals surface area contributed by atoms with Gasteiger partial charge in [-0.25, -0.2) is 4.79 Å². The summed E-state index contributed by atoms with van der Waals surface area (Å²) >= 11 is 0. The van der Waals surface area contributed by atoms with Crippen LogP contribution in [0, 0.1) is 5.92 Å². The summed E-state index contributed by atoms with van der Waals surface area (Å²) in [6.07, 6.45) is -0.538. The van der Waals surface area contributed by atoms with E-state index in [1.807, 2.05) is 6.92 Å². The number of aliphatic hydroxyl groups is 2. The van der Waals surface area contributed by atoms with Crippen LogP contribution in [0.4, 0.5) is 0 Å². The topological polar surface area (TPSA) is 87.0 Å². The van der Waals surface area contributed by atoms with Gasteiger partial charge in [0.05, 0.1) is 12.2 Å². The van der Waals surface area contributed by atoms with Crippen LogP contribution in [-0.4, -0.2) is 46.2 Å². The Morgan fingerprint density at radius 2 is 2.20 bits per heavy atom. The SMILES string of the molecule is CC1C(O)CC(C(=O)O)OC1CCCO. The van der Waals surface area contributed by atoms with E-state index < -0.39 is 18.2 Å². The van der Waals surface area contributed by atoms with Gasteiger partial charge in [-0.1, -0.05) is 6.92 Å². The highest BCUT2D eigenvalue weighted by molar-refractivity contribution is 5.72. The average Bonchev–Trinajstić information content (AvgIpc) is 2.19. The summed E-state index contributed by atoms with van der Waals surface area (Å²) in [6.45, 7) is 1.89. The molecule has 0 saturated carbocycles. The van der Waals surface area contributed by atoms with Crippen molar-refractivity contribution in [2.75, 3.05) is 6.61 Å². The van der Waals surface area contributed by atoms with Crippen molar-refractivity contribution >= 4 is 5.97 Å². The summed E-state index contributed by atoms with van der Waals surface area (Å²) in [4.78, 5) is 10.7. The number of hydrogen-bond acceptors (Lipinski definition) is 4. The van der Waals surface area contributed by atoms with Gasteiger partial charge in [-0.05, 0) is 12.8 Å². The zero-order chi connectivity index (χ0) is 11.4. The Morgan fingerprint density at radius 3 is 2.73 bits per heavy atom. The molecule has 1 aliphatic rings. The van der Waals surface area contributed by atoms with Gasteiger partial charge in [0.2, 0.25) is 0 Å². The Kier molecular flexibility index (Phi) is 4.50.